The fourth-order valence-electron chi connectivity index (χ4n) is 1.87. The van der Waals surface area contributed by atoms with E-state index in [0.717, 1.165) is 25.9 Å². The van der Waals surface area contributed by atoms with Crippen molar-refractivity contribution < 1.29 is 14.7 Å². The molecule has 96 valence electrons. The second-order valence-corrected chi connectivity index (χ2v) is 4.67. The SMILES string of the molecule is C=C(C(=O)N[C@H](C(=O)O)C(C)C)N1CCCC1. The Hall–Kier alpha value is -1.52. The van der Waals surface area contributed by atoms with E-state index in [1.54, 1.807) is 13.8 Å². The van der Waals surface area contributed by atoms with Crippen molar-refractivity contribution in [3.63, 3.8) is 0 Å². The summed E-state index contributed by atoms with van der Waals surface area (Å²) in [5.74, 6) is -1.54. The number of hydrogen-bond acceptors (Lipinski definition) is 3. The molecule has 0 unspecified atom stereocenters. The second kappa shape index (κ2) is 5.70. The molecule has 1 aliphatic heterocycles. The third kappa shape index (κ3) is 3.47. The fourth-order valence-corrected chi connectivity index (χ4v) is 1.87. The van der Waals surface area contributed by atoms with Crippen molar-refractivity contribution >= 4 is 11.9 Å². The van der Waals surface area contributed by atoms with Crippen LogP contribution in [0.5, 0.6) is 0 Å². The normalized spacial score (nSPS) is 17.0. The lowest BCUT2D eigenvalue weighted by Crippen LogP contribution is -2.46. The van der Waals surface area contributed by atoms with Gasteiger partial charge in [-0.25, -0.2) is 4.79 Å². The van der Waals surface area contributed by atoms with E-state index in [1.165, 1.54) is 0 Å². The second-order valence-electron chi connectivity index (χ2n) is 4.67. The summed E-state index contributed by atoms with van der Waals surface area (Å²) < 4.78 is 0. The number of carbonyl (C=O) groups is 2. The van der Waals surface area contributed by atoms with Crippen molar-refractivity contribution in [2.24, 2.45) is 5.92 Å². The van der Waals surface area contributed by atoms with Crippen LogP contribution in [-0.4, -0.2) is 41.0 Å². The van der Waals surface area contributed by atoms with Crippen molar-refractivity contribution in [1.29, 1.82) is 0 Å². The number of hydrogen-bond donors (Lipinski definition) is 2. The molecule has 2 N–H and O–H groups in total. The smallest absolute Gasteiger partial charge is 0.326 e. The van der Waals surface area contributed by atoms with Crippen LogP contribution in [0.4, 0.5) is 0 Å². The van der Waals surface area contributed by atoms with Gasteiger partial charge in [0.1, 0.15) is 6.04 Å². The molecule has 1 rings (SSSR count). The highest BCUT2D eigenvalue weighted by Crippen LogP contribution is 2.13. The summed E-state index contributed by atoms with van der Waals surface area (Å²) in [6, 6.07) is -0.859. The standard InChI is InChI=1S/C12H20N2O3/c1-8(2)10(12(16)17)13-11(15)9(3)14-6-4-5-7-14/h8,10H,3-7H2,1-2H3,(H,13,15)(H,16,17)/t10-/m0/s1. The average Bonchev–Trinajstić information content (AvgIpc) is 2.76. The molecule has 1 aliphatic rings. The van der Waals surface area contributed by atoms with Crippen LogP contribution in [0.3, 0.4) is 0 Å². The van der Waals surface area contributed by atoms with Crippen molar-refractivity contribution in [3.05, 3.63) is 12.3 Å². The molecule has 0 saturated carbocycles. The van der Waals surface area contributed by atoms with Crippen LogP contribution in [0, 0.1) is 5.92 Å². The number of likely N-dealkylation sites (tertiary alicyclic amines) is 1. The van der Waals surface area contributed by atoms with Gasteiger partial charge in [0.25, 0.3) is 5.91 Å². The first-order chi connectivity index (χ1) is 7.93. The minimum Gasteiger partial charge on any atom is -0.480 e. The number of aliphatic carboxylic acids is 1. The molecule has 5 nitrogen and oxygen atoms in total. The first kappa shape index (κ1) is 13.5. The van der Waals surface area contributed by atoms with Gasteiger partial charge in [0, 0.05) is 13.1 Å². The minimum absolute atomic E-state index is 0.150. The van der Waals surface area contributed by atoms with Gasteiger partial charge in [0.05, 0.1) is 5.70 Å². The molecule has 0 aromatic heterocycles. The summed E-state index contributed by atoms with van der Waals surface area (Å²) in [4.78, 5) is 24.7. The van der Waals surface area contributed by atoms with Crippen LogP contribution in [0.1, 0.15) is 26.7 Å². The summed E-state index contributed by atoms with van der Waals surface area (Å²) in [6.07, 6.45) is 2.11. The van der Waals surface area contributed by atoms with Gasteiger partial charge >= 0.3 is 5.97 Å². The number of nitrogens with one attached hydrogen (secondary N) is 1. The van der Waals surface area contributed by atoms with E-state index >= 15 is 0 Å². The van der Waals surface area contributed by atoms with Gasteiger partial charge in [-0.1, -0.05) is 20.4 Å². The summed E-state index contributed by atoms with van der Waals surface area (Å²) in [7, 11) is 0. The van der Waals surface area contributed by atoms with Crippen molar-refractivity contribution in [3.8, 4) is 0 Å². The summed E-state index contributed by atoms with van der Waals surface area (Å²) in [6.45, 7) is 8.90. The molecule has 0 bridgehead atoms. The van der Waals surface area contributed by atoms with Crippen LogP contribution in [0.15, 0.2) is 12.3 Å². The number of nitrogens with zero attached hydrogens (tertiary/aromatic N) is 1. The molecule has 0 spiro atoms. The van der Waals surface area contributed by atoms with Gasteiger partial charge in [0.2, 0.25) is 0 Å². The molecule has 5 heteroatoms. The highest BCUT2D eigenvalue weighted by molar-refractivity contribution is 5.95. The number of amides is 1. The molecule has 1 atom stereocenters. The van der Waals surface area contributed by atoms with Crippen molar-refractivity contribution in [2.45, 2.75) is 32.7 Å². The molecule has 17 heavy (non-hydrogen) atoms. The van der Waals surface area contributed by atoms with E-state index in [9.17, 15) is 9.59 Å². The van der Waals surface area contributed by atoms with Crippen molar-refractivity contribution in [1.82, 2.24) is 10.2 Å². The molecule has 1 fully saturated rings. The van der Waals surface area contributed by atoms with Crippen LogP contribution in [-0.2, 0) is 9.59 Å². The lowest BCUT2D eigenvalue weighted by Gasteiger charge is -2.23. The third-order valence-electron chi connectivity index (χ3n) is 2.97. The van der Waals surface area contributed by atoms with Gasteiger partial charge in [-0.15, -0.1) is 0 Å². The molecular weight excluding hydrogens is 220 g/mol. The van der Waals surface area contributed by atoms with Crippen LogP contribution < -0.4 is 5.32 Å². The van der Waals surface area contributed by atoms with Gasteiger partial charge in [-0.3, -0.25) is 4.79 Å². The monoisotopic (exact) mass is 240 g/mol. The van der Waals surface area contributed by atoms with Gasteiger partial charge in [-0.05, 0) is 18.8 Å². The van der Waals surface area contributed by atoms with Crippen LogP contribution >= 0.6 is 0 Å². The van der Waals surface area contributed by atoms with Gasteiger partial charge in [-0.2, -0.15) is 0 Å². The lowest BCUT2D eigenvalue weighted by molar-refractivity contribution is -0.142. The predicted octanol–water partition coefficient (Wildman–Crippen LogP) is 0.821. The number of rotatable bonds is 5. The van der Waals surface area contributed by atoms with Crippen LogP contribution in [0.2, 0.25) is 0 Å². The Labute approximate surface area is 101 Å². The maximum Gasteiger partial charge on any atom is 0.326 e. The Morgan fingerprint density at radius 2 is 1.82 bits per heavy atom. The van der Waals surface area contributed by atoms with Crippen molar-refractivity contribution in [2.75, 3.05) is 13.1 Å². The molecule has 0 radical (unpaired) electrons. The zero-order valence-corrected chi connectivity index (χ0v) is 10.4. The highest BCUT2D eigenvalue weighted by atomic mass is 16.4. The van der Waals surface area contributed by atoms with E-state index in [0.29, 0.717) is 5.70 Å². The number of carbonyl (C=O) groups excluding carboxylic acids is 1. The Kier molecular flexibility index (Phi) is 4.54. The Balaban J connectivity index is 2.57. The number of carboxylic acids is 1. The van der Waals surface area contributed by atoms with E-state index in [1.807, 2.05) is 4.90 Å². The summed E-state index contributed by atoms with van der Waals surface area (Å²) >= 11 is 0. The Morgan fingerprint density at radius 3 is 2.24 bits per heavy atom. The molecule has 1 amide bonds. The molecule has 1 saturated heterocycles. The number of carboxylic acid groups (broad SMARTS) is 1. The summed E-state index contributed by atoms with van der Waals surface area (Å²) in [5.41, 5.74) is 0.370. The van der Waals surface area contributed by atoms with Gasteiger partial charge in [0.15, 0.2) is 0 Å². The van der Waals surface area contributed by atoms with Crippen LogP contribution in [0.25, 0.3) is 0 Å². The Morgan fingerprint density at radius 1 is 1.29 bits per heavy atom. The van der Waals surface area contributed by atoms with Gasteiger partial charge < -0.3 is 15.3 Å². The molecule has 0 aliphatic carbocycles. The topological polar surface area (TPSA) is 69.6 Å². The zero-order valence-electron chi connectivity index (χ0n) is 10.4. The largest absolute Gasteiger partial charge is 0.480 e. The Bertz CT molecular complexity index is 320. The minimum atomic E-state index is -1.01. The highest BCUT2D eigenvalue weighted by Gasteiger charge is 2.26. The molecular formula is C12H20N2O3. The third-order valence-corrected chi connectivity index (χ3v) is 2.97. The maximum atomic E-state index is 11.8. The van der Waals surface area contributed by atoms with E-state index < -0.39 is 12.0 Å². The first-order valence-electron chi connectivity index (χ1n) is 5.91. The molecule has 0 aromatic rings. The first-order valence-corrected chi connectivity index (χ1v) is 5.91. The maximum absolute atomic E-state index is 11.8. The van der Waals surface area contributed by atoms with E-state index in [4.69, 9.17) is 5.11 Å². The van der Waals surface area contributed by atoms with E-state index in [2.05, 4.69) is 11.9 Å². The fraction of sp³-hybridized carbons (Fsp3) is 0.667. The average molecular weight is 240 g/mol. The quantitative estimate of drug-likeness (QED) is 0.698. The summed E-state index contributed by atoms with van der Waals surface area (Å²) in [5, 5.41) is 11.5. The lowest BCUT2D eigenvalue weighted by atomic mass is 10.0. The van der Waals surface area contributed by atoms with E-state index in [-0.39, 0.29) is 11.8 Å². The zero-order chi connectivity index (χ0) is 13.0. The molecule has 0 aromatic carbocycles. The predicted molar refractivity (Wildman–Crippen MR) is 64.4 cm³/mol. The molecule has 1 heterocycles.